The molecule has 5 nitrogen and oxygen atoms in total. The van der Waals surface area contributed by atoms with E-state index < -0.39 is 0 Å². The van der Waals surface area contributed by atoms with E-state index in [1.165, 1.54) is 13.3 Å². The molecule has 0 aliphatic carbocycles. The van der Waals surface area contributed by atoms with Crippen LogP contribution in [0.4, 0.5) is 0 Å². The lowest BCUT2D eigenvalue weighted by Gasteiger charge is -2.07. The fourth-order valence-corrected chi connectivity index (χ4v) is 1.72. The van der Waals surface area contributed by atoms with Crippen molar-refractivity contribution in [1.82, 2.24) is 9.55 Å². The predicted octanol–water partition coefficient (Wildman–Crippen LogP) is 1.18. The Balaban J connectivity index is 2.13. The normalized spacial score (nSPS) is 10.3. The first-order valence-corrected chi connectivity index (χ1v) is 5.62. The molecule has 0 unspecified atom stereocenters. The van der Waals surface area contributed by atoms with Crippen molar-refractivity contribution in [2.24, 2.45) is 5.73 Å². The fraction of sp³-hybridized carbons (Fsp3) is 0.231. The number of esters is 1. The molecular weight excluding hydrogens is 230 g/mol. The van der Waals surface area contributed by atoms with Crippen LogP contribution in [0.25, 0.3) is 0 Å². The molecule has 2 aromatic rings. The van der Waals surface area contributed by atoms with Crippen LogP contribution < -0.4 is 5.73 Å². The quantitative estimate of drug-likeness (QED) is 0.821. The molecule has 5 heteroatoms. The second-order valence-corrected chi connectivity index (χ2v) is 3.86. The Morgan fingerprint density at radius 2 is 2.28 bits per heavy atom. The van der Waals surface area contributed by atoms with E-state index in [2.05, 4.69) is 9.72 Å². The third-order valence-corrected chi connectivity index (χ3v) is 2.71. The van der Waals surface area contributed by atoms with E-state index in [9.17, 15) is 4.79 Å². The van der Waals surface area contributed by atoms with E-state index in [-0.39, 0.29) is 5.97 Å². The molecular formula is C13H15N3O2. The van der Waals surface area contributed by atoms with Crippen molar-refractivity contribution in [3.63, 3.8) is 0 Å². The number of carbonyl (C=O) groups is 1. The summed E-state index contributed by atoms with van der Waals surface area (Å²) in [6.45, 7) is 1.13. The maximum Gasteiger partial charge on any atom is 0.339 e. The van der Waals surface area contributed by atoms with E-state index in [1.807, 2.05) is 29.0 Å². The topological polar surface area (TPSA) is 70.1 Å². The molecule has 0 atom stereocenters. The van der Waals surface area contributed by atoms with E-state index in [1.54, 1.807) is 6.07 Å². The van der Waals surface area contributed by atoms with Crippen LogP contribution in [0, 0.1) is 0 Å². The molecule has 0 radical (unpaired) electrons. The Morgan fingerprint density at radius 3 is 2.89 bits per heavy atom. The second kappa shape index (κ2) is 5.46. The molecule has 0 aliphatic rings. The maximum atomic E-state index is 11.3. The standard InChI is InChI=1S/C13H15N3O2/c1-18-13(17)10-4-5-11(15-8-10)9-16-6-2-3-12(16)7-14/h2-6,8H,7,9,14H2,1H3. The third-order valence-electron chi connectivity index (χ3n) is 2.71. The molecule has 0 aliphatic heterocycles. The SMILES string of the molecule is COC(=O)c1ccc(Cn2cccc2CN)nc1. The number of rotatable bonds is 4. The molecule has 94 valence electrons. The van der Waals surface area contributed by atoms with Crippen molar-refractivity contribution in [3.05, 3.63) is 53.6 Å². The number of carbonyl (C=O) groups excluding carboxylic acids is 1. The van der Waals surface area contributed by atoms with Gasteiger partial charge in [-0.3, -0.25) is 4.98 Å². The highest BCUT2D eigenvalue weighted by Gasteiger charge is 2.06. The summed E-state index contributed by atoms with van der Waals surface area (Å²) < 4.78 is 6.65. The minimum Gasteiger partial charge on any atom is -0.465 e. The number of nitrogens with zero attached hydrogens (tertiary/aromatic N) is 2. The lowest BCUT2D eigenvalue weighted by Crippen LogP contribution is -2.09. The third kappa shape index (κ3) is 2.57. The van der Waals surface area contributed by atoms with Crippen molar-refractivity contribution in [3.8, 4) is 0 Å². The van der Waals surface area contributed by atoms with E-state index in [4.69, 9.17) is 5.73 Å². The van der Waals surface area contributed by atoms with Crippen LogP contribution in [0.1, 0.15) is 21.7 Å². The van der Waals surface area contributed by atoms with Gasteiger partial charge in [0.1, 0.15) is 0 Å². The molecule has 2 N–H and O–H groups in total. The summed E-state index contributed by atoms with van der Waals surface area (Å²) in [5.41, 5.74) is 8.00. The van der Waals surface area contributed by atoms with Crippen molar-refractivity contribution in [1.29, 1.82) is 0 Å². The van der Waals surface area contributed by atoms with Crippen LogP contribution in [0.15, 0.2) is 36.7 Å². The number of aromatic nitrogens is 2. The number of hydrogen-bond donors (Lipinski definition) is 1. The van der Waals surface area contributed by atoms with Crippen molar-refractivity contribution in [2.75, 3.05) is 7.11 Å². The highest BCUT2D eigenvalue weighted by atomic mass is 16.5. The van der Waals surface area contributed by atoms with Crippen LogP contribution in [0.5, 0.6) is 0 Å². The van der Waals surface area contributed by atoms with Gasteiger partial charge in [-0.25, -0.2) is 4.79 Å². The molecule has 0 spiro atoms. The van der Waals surface area contributed by atoms with Gasteiger partial charge >= 0.3 is 5.97 Å². The van der Waals surface area contributed by atoms with Gasteiger partial charge < -0.3 is 15.0 Å². The van der Waals surface area contributed by atoms with E-state index in [0.717, 1.165) is 11.4 Å². The predicted molar refractivity (Wildman–Crippen MR) is 67.0 cm³/mol. The Kier molecular flexibility index (Phi) is 3.74. The average molecular weight is 245 g/mol. The second-order valence-electron chi connectivity index (χ2n) is 3.86. The summed E-state index contributed by atoms with van der Waals surface area (Å²) in [5.74, 6) is -0.377. The van der Waals surface area contributed by atoms with Gasteiger partial charge in [0, 0.05) is 24.6 Å². The van der Waals surface area contributed by atoms with Gasteiger partial charge in [-0.15, -0.1) is 0 Å². The average Bonchev–Trinajstić information content (AvgIpc) is 2.86. The Morgan fingerprint density at radius 1 is 1.44 bits per heavy atom. The van der Waals surface area contributed by atoms with Gasteiger partial charge in [0.05, 0.1) is 24.9 Å². The zero-order chi connectivity index (χ0) is 13.0. The number of ether oxygens (including phenoxy) is 1. The van der Waals surface area contributed by atoms with Crippen LogP contribution in [0.3, 0.4) is 0 Å². The summed E-state index contributed by atoms with van der Waals surface area (Å²) in [5, 5.41) is 0. The minimum atomic E-state index is -0.377. The molecule has 18 heavy (non-hydrogen) atoms. The summed E-state index contributed by atoms with van der Waals surface area (Å²) in [6, 6.07) is 7.44. The first-order valence-electron chi connectivity index (χ1n) is 5.62. The molecule has 0 aromatic carbocycles. The molecule has 0 saturated carbocycles. The van der Waals surface area contributed by atoms with Crippen LogP contribution in [-0.2, 0) is 17.8 Å². The van der Waals surface area contributed by atoms with Gasteiger partial charge in [-0.2, -0.15) is 0 Å². The van der Waals surface area contributed by atoms with Crippen LogP contribution in [0.2, 0.25) is 0 Å². The molecule has 2 heterocycles. The van der Waals surface area contributed by atoms with Crippen molar-refractivity contribution < 1.29 is 9.53 Å². The van der Waals surface area contributed by atoms with E-state index >= 15 is 0 Å². The highest BCUT2D eigenvalue weighted by molar-refractivity contribution is 5.88. The minimum absolute atomic E-state index is 0.377. The molecule has 2 rings (SSSR count). The maximum absolute atomic E-state index is 11.3. The van der Waals surface area contributed by atoms with E-state index in [0.29, 0.717) is 18.7 Å². The number of nitrogens with two attached hydrogens (primary N) is 1. The summed E-state index contributed by atoms with van der Waals surface area (Å²) in [7, 11) is 1.35. The monoisotopic (exact) mass is 245 g/mol. The number of methoxy groups -OCH3 is 1. The van der Waals surface area contributed by atoms with Crippen molar-refractivity contribution >= 4 is 5.97 Å². The lowest BCUT2D eigenvalue weighted by molar-refractivity contribution is 0.0600. The fourth-order valence-electron chi connectivity index (χ4n) is 1.72. The first-order chi connectivity index (χ1) is 8.74. The van der Waals surface area contributed by atoms with Crippen LogP contribution >= 0.6 is 0 Å². The summed E-state index contributed by atoms with van der Waals surface area (Å²) in [4.78, 5) is 15.5. The van der Waals surface area contributed by atoms with Crippen molar-refractivity contribution in [2.45, 2.75) is 13.1 Å². The summed E-state index contributed by atoms with van der Waals surface area (Å²) in [6.07, 6.45) is 3.48. The molecule has 0 fully saturated rings. The zero-order valence-electron chi connectivity index (χ0n) is 10.2. The van der Waals surface area contributed by atoms with Gasteiger partial charge in [-0.05, 0) is 24.3 Å². The number of pyridine rings is 1. The Hall–Kier alpha value is -2.14. The molecule has 0 bridgehead atoms. The molecule has 0 saturated heterocycles. The van der Waals surface area contributed by atoms with Crippen LogP contribution in [-0.4, -0.2) is 22.6 Å². The molecule has 2 aromatic heterocycles. The smallest absolute Gasteiger partial charge is 0.339 e. The first kappa shape index (κ1) is 12.3. The number of hydrogen-bond acceptors (Lipinski definition) is 4. The largest absolute Gasteiger partial charge is 0.465 e. The lowest BCUT2D eigenvalue weighted by atomic mass is 10.2. The Bertz CT molecular complexity index is 531. The zero-order valence-corrected chi connectivity index (χ0v) is 10.2. The van der Waals surface area contributed by atoms with Gasteiger partial charge in [-0.1, -0.05) is 0 Å². The van der Waals surface area contributed by atoms with Gasteiger partial charge in [0.2, 0.25) is 0 Å². The van der Waals surface area contributed by atoms with Gasteiger partial charge in [0.25, 0.3) is 0 Å². The van der Waals surface area contributed by atoms with Gasteiger partial charge in [0.15, 0.2) is 0 Å². The highest BCUT2D eigenvalue weighted by Crippen LogP contribution is 2.07. The Labute approximate surface area is 105 Å². The molecule has 0 amide bonds. The summed E-state index contributed by atoms with van der Waals surface area (Å²) >= 11 is 0.